The van der Waals surface area contributed by atoms with Crippen LogP contribution < -0.4 is 5.32 Å². The minimum Gasteiger partial charge on any atom is -0.395 e. The number of nitrogens with one attached hydrogen (secondary N) is 1. The summed E-state index contributed by atoms with van der Waals surface area (Å²) in [6.45, 7) is 3.93. The van der Waals surface area contributed by atoms with Gasteiger partial charge in [-0.2, -0.15) is 11.8 Å². The average molecular weight is 309 g/mol. The van der Waals surface area contributed by atoms with Crippen LogP contribution in [0, 0.1) is 17.7 Å². The number of aliphatic hydroxyl groups excluding tert-OH is 1. The van der Waals surface area contributed by atoms with Crippen molar-refractivity contribution in [3.63, 3.8) is 0 Å². The van der Waals surface area contributed by atoms with E-state index in [1.807, 2.05) is 6.92 Å². The van der Waals surface area contributed by atoms with Gasteiger partial charge in [-0.05, 0) is 30.9 Å². The van der Waals surface area contributed by atoms with Gasteiger partial charge in [0.1, 0.15) is 5.82 Å². The Labute approximate surface area is 129 Å². The molecule has 0 fully saturated rings. The molecule has 21 heavy (non-hydrogen) atoms. The van der Waals surface area contributed by atoms with Crippen molar-refractivity contribution in [3.8, 4) is 11.8 Å². The Hall–Kier alpha value is -1.51. The van der Waals surface area contributed by atoms with Gasteiger partial charge < -0.3 is 10.4 Å². The Morgan fingerprint density at radius 1 is 1.52 bits per heavy atom. The number of amides is 1. The molecule has 0 aromatic heterocycles. The van der Waals surface area contributed by atoms with E-state index in [-0.39, 0.29) is 18.6 Å². The molecule has 0 aliphatic heterocycles. The molecule has 0 saturated heterocycles. The van der Waals surface area contributed by atoms with Crippen molar-refractivity contribution in [2.75, 3.05) is 18.1 Å². The molecule has 1 rings (SSSR count). The fourth-order valence-corrected chi connectivity index (χ4v) is 2.34. The largest absolute Gasteiger partial charge is 0.395 e. The normalized spacial score (nSPS) is 11.4. The van der Waals surface area contributed by atoms with Crippen molar-refractivity contribution < 1.29 is 14.3 Å². The summed E-state index contributed by atoms with van der Waals surface area (Å²) in [5.41, 5.74) is 0.700. The molecule has 0 bridgehead atoms. The number of rotatable bonds is 6. The number of halogens is 1. The van der Waals surface area contributed by atoms with Crippen molar-refractivity contribution in [3.05, 3.63) is 35.1 Å². The lowest BCUT2D eigenvalue weighted by Crippen LogP contribution is -2.34. The molecular weight excluding hydrogens is 289 g/mol. The Bertz CT molecular complexity index is 537. The predicted molar refractivity (Wildman–Crippen MR) is 84.9 cm³/mol. The highest BCUT2D eigenvalue weighted by molar-refractivity contribution is 7.99. The third-order valence-electron chi connectivity index (χ3n) is 2.64. The number of thioether (sulfide) groups is 1. The third-order valence-corrected chi connectivity index (χ3v) is 3.78. The summed E-state index contributed by atoms with van der Waals surface area (Å²) in [4.78, 5) is 12.2. The van der Waals surface area contributed by atoms with Crippen molar-refractivity contribution in [2.45, 2.75) is 26.3 Å². The van der Waals surface area contributed by atoms with Gasteiger partial charge >= 0.3 is 0 Å². The van der Waals surface area contributed by atoms with Crippen LogP contribution in [0.2, 0.25) is 0 Å². The number of hydrogen-bond acceptors (Lipinski definition) is 3. The van der Waals surface area contributed by atoms with Crippen molar-refractivity contribution in [1.82, 2.24) is 5.32 Å². The maximum atomic E-state index is 13.3. The van der Waals surface area contributed by atoms with Crippen LogP contribution in [-0.4, -0.2) is 35.2 Å². The second-order valence-corrected chi connectivity index (χ2v) is 5.82. The molecule has 1 aromatic carbocycles. The zero-order chi connectivity index (χ0) is 15.7. The van der Waals surface area contributed by atoms with E-state index in [1.165, 1.54) is 18.2 Å². The summed E-state index contributed by atoms with van der Waals surface area (Å²) >= 11 is 1.75. The first-order valence-electron chi connectivity index (χ1n) is 6.86. The second kappa shape index (κ2) is 9.43. The lowest BCUT2D eigenvalue weighted by atomic mass is 10.1. The molecule has 0 aliphatic rings. The molecule has 1 aromatic rings. The number of carbonyl (C=O) groups excluding carboxylic acids is 1. The van der Waals surface area contributed by atoms with Crippen LogP contribution >= 0.6 is 11.8 Å². The molecule has 1 amide bonds. The second-order valence-electron chi connectivity index (χ2n) is 4.50. The standard InChI is InChI=1S/C16H20FNO2S/c1-3-21-11-12(2)18-16(20)15-8-7-14(17)10-13(15)6-4-5-9-19/h7-8,10,12,19H,3,5,9,11H2,1-2H3,(H,18,20). The van der Waals surface area contributed by atoms with E-state index in [1.54, 1.807) is 11.8 Å². The van der Waals surface area contributed by atoms with E-state index >= 15 is 0 Å². The molecule has 0 aliphatic carbocycles. The Balaban J connectivity index is 2.86. The van der Waals surface area contributed by atoms with E-state index < -0.39 is 5.82 Å². The SMILES string of the molecule is CCSCC(C)NC(=O)c1ccc(F)cc1C#CCCO. The molecule has 3 nitrogen and oxygen atoms in total. The zero-order valence-corrected chi connectivity index (χ0v) is 13.1. The molecule has 114 valence electrons. The first-order valence-corrected chi connectivity index (χ1v) is 8.01. The summed E-state index contributed by atoms with van der Waals surface area (Å²) in [7, 11) is 0. The third kappa shape index (κ3) is 6.19. The lowest BCUT2D eigenvalue weighted by Gasteiger charge is -2.14. The molecule has 0 heterocycles. The van der Waals surface area contributed by atoms with Gasteiger partial charge in [-0.1, -0.05) is 18.8 Å². The van der Waals surface area contributed by atoms with Gasteiger partial charge in [-0.3, -0.25) is 4.79 Å². The Morgan fingerprint density at radius 3 is 2.95 bits per heavy atom. The van der Waals surface area contributed by atoms with E-state index in [0.717, 1.165) is 11.5 Å². The van der Waals surface area contributed by atoms with Crippen molar-refractivity contribution >= 4 is 17.7 Å². The minimum absolute atomic E-state index is 0.0331. The van der Waals surface area contributed by atoms with Gasteiger partial charge in [0.2, 0.25) is 0 Å². The van der Waals surface area contributed by atoms with Crippen LogP contribution in [-0.2, 0) is 0 Å². The van der Waals surface area contributed by atoms with Gasteiger partial charge in [0.05, 0.1) is 12.2 Å². The first-order chi connectivity index (χ1) is 10.1. The van der Waals surface area contributed by atoms with Crippen LogP contribution in [0.15, 0.2) is 18.2 Å². The highest BCUT2D eigenvalue weighted by atomic mass is 32.2. The van der Waals surface area contributed by atoms with E-state index in [0.29, 0.717) is 17.5 Å². The maximum Gasteiger partial charge on any atom is 0.252 e. The van der Waals surface area contributed by atoms with Gasteiger partial charge in [-0.15, -0.1) is 0 Å². The fourth-order valence-electron chi connectivity index (χ4n) is 1.67. The van der Waals surface area contributed by atoms with E-state index in [9.17, 15) is 9.18 Å². The molecule has 0 saturated carbocycles. The molecule has 0 radical (unpaired) electrons. The topological polar surface area (TPSA) is 49.3 Å². The summed E-state index contributed by atoms with van der Waals surface area (Å²) in [5.74, 6) is 6.58. The summed E-state index contributed by atoms with van der Waals surface area (Å²) in [6.07, 6.45) is 0.293. The summed E-state index contributed by atoms with van der Waals surface area (Å²) in [5, 5.41) is 11.6. The van der Waals surface area contributed by atoms with Crippen LogP contribution in [0.3, 0.4) is 0 Å². The van der Waals surface area contributed by atoms with E-state index in [2.05, 4.69) is 24.1 Å². The zero-order valence-electron chi connectivity index (χ0n) is 12.3. The molecule has 0 spiro atoms. The average Bonchev–Trinajstić information content (AvgIpc) is 2.45. The summed E-state index contributed by atoms with van der Waals surface area (Å²) in [6, 6.07) is 3.96. The highest BCUT2D eigenvalue weighted by Gasteiger charge is 2.13. The number of aliphatic hydroxyl groups is 1. The van der Waals surface area contributed by atoms with Gasteiger partial charge in [0, 0.05) is 23.8 Å². The smallest absolute Gasteiger partial charge is 0.252 e. The van der Waals surface area contributed by atoms with Gasteiger partial charge in [0.15, 0.2) is 0 Å². The number of carbonyl (C=O) groups is 1. The lowest BCUT2D eigenvalue weighted by molar-refractivity contribution is 0.0943. The van der Waals surface area contributed by atoms with Crippen molar-refractivity contribution in [1.29, 1.82) is 0 Å². The number of hydrogen-bond donors (Lipinski definition) is 2. The monoisotopic (exact) mass is 309 g/mol. The molecular formula is C16H20FNO2S. The molecule has 1 atom stereocenters. The van der Waals surface area contributed by atoms with Gasteiger partial charge in [-0.25, -0.2) is 4.39 Å². The summed E-state index contributed by atoms with van der Waals surface area (Å²) < 4.78 is 13.3. The molecule has 2 N–H and O–H groups in total. The van der Waals surface area contributed by atoms with Crippen molar-refractivity contribution in [2.24, 2.45) is 0 Å². The molecule has 1 unspecified atom stereocenters. The Kier molecular flexibility index (Phi) is 7.88. The van der Waals surface area contributed by atoms with Crippen LogP contribution in [0.1, 0.15) is 36.2 Å². The van der Waals surface area contributed by atoms with Crippen LogP contribution in [0.4, 0.5) is 4.39 Å². The first kappa shape index (κ1) is 17.5. The minimum atomic E-state index is -0.436. The van der Waals surface area contributed by atoms with Crippen LogP contribution in [0.25, 0.3) is 0 Å². The Morgan fingerprint density at radius 2 is 2.29 bits per heavy atom. The maximum absolute atomic E-state index is 13.3. The fraction of sp³-hybridized carbons (Fsp3) is 0.438. The highest BCUT2D eigenvalue weighted by Crippen LogP contribution is 2.11. The van der Waals surface area contributed by atoms with Gasteiger partial charge in [0.25, 0.3) is 5.91 Å². The predicted octanol–water partition coefficient (Wildman–Crippen LogP) is 2.43. The quantitative estimate of drug-likeness (QED) is 0.794. The van der Waals surface area contributed by atoms with Crippen LogP contribution in [0.5, 0.6) is 0 Å². The number of benzene rings is 1. The molecule has 5 heteroatoms. The van der Waals surface area contributed by atoms with E-state index in [4.69, 9.17) is 5.11 Å².